The molecule has 0 atom stereocenters. The number of hydrogen-bond donors (Lipinski definition) is 0. The fourth-order valence-electron chi connectivity index (χ4n) is 2.48. The lowest BCUT2D eigenvalue weighted by Gasteiger charge is -2.17. The predicted molar refractivity (Wildman–Crippen MR) is 88.4 cm³/mol. The number of hydrogen-bond acceptors (Lipinski definition) is 4. The normalized spacial score (nSPS) is 10.7. The first-order valence-corrected chi connectivity index (χ1v) is 7.19. The highest BCUT2D eigenvalue weighted by Gasteiger charge is 2.15. The molecular formula is C17H19N5. The number of pyridine rings is 1. The molecule has 0 spiro atoms. The summed E-state index contributed by atoms with van der Waals surface area (Å²) in [4.78, 5) is 11.0. The molecule has 1 aromatic carbocycles. The van der Waals surface area contributed by atoms with E-state index in [1.54, 1.807) is 6.20 Å². The van der Waals surface area contributed by atoms with Crippen LogP contribution in [0.3, 0.4) is 0 Å². The summed E-state index contributed by atoms with van der Waals surface area (Å²) in [5, 5.41) is 4.56. The van der Waals surface area contributed by atoms with Crippen LogP contribution in [0.5, 0.6) is 0 Å². The van der Waals surface area contributed by atoms with Crippen LogP contribution in [0.15, 0.2) is 42.6 Å². The molecule has 0 aliphatic carbocycles. The molecule has 2 heterocycles. The Balaban J connectivity index is 2.21. The third kappa shape index (κ3) is 2.57. The third-order valence-electron chi connectivity index (χ3n) is 3.46. The van der Waals surface area contributed by atoms with Gasteiger partial charge in [-0.25, -0.2) is 9.67 Å². The van der Waals surface area contributed by atoms with Crippen LogP contribution in [-0.2, 0) is 0 Å². The molecule has 0 fully saturated rings. The largest absolute Gasteiger partial charge is 0.377 e. The van der Waals surface area contributed by atoms with Crippen molar-refractivity contribution < 1.29 is 0 Å². The maximum atomic E-state index is 4.63. The van der Waals surface area contributed by atoms with Gasteiger partial charge in [-0.1, -0.05) is 12.1 Å². The molecular weight excluding hydrogens is 274 g/mol. The van der Waals surface area contributed by atoms with Crippen molar-refractivity contribution in [1.29, 1.82) is 0 Å². The zero-order valence-electron chi connectivity index (χ0n) is 13.3. The van der Waals surface area contributed by atoms with Crippen LogP contribution in [0.2, 0.25) is 0 Å². The maximum absolute atomic E-state index is 4.63. The average Bonchev–Trinajstić information content (AvgIpc) is 2.89. The van der Waals surface area contributed by atoms with E-state index >= 15 is 0 Å². The number of anilines is 1. The van der Waals surface area contributed by atoms with Gasteiger partial charge < -0.3 is 4.90 Å². The molecule has 0 saturated carbocycles. The highest BCUT2D eigenvalue weighted by molar-refractivity contribution is 5.75. The fraction of sp³-hybridized carbons (Fsp3) is 0.235. The standard InChI is InChI=1S/C17H19N5/c1-12-11-14(9-10-18-12)22-17(19-13(2)20-22)15-7-5-6-8-16(15)21(3)4/h5-11H,1-4H3. The Morgan fingerprint density at radius 2 is 1.82 bits per heavy atom. The lowest BCUT2D eigenvalue weighted by atomic mass is 10.1. The summed E-state index contributed by atoms with van der Waals surface area (Å²) < 4.78 is 1.88. The van der Waals surface area contributed by atoms with Gasteiger partial charge in [-0.2, -0.15) is 5.10 Å². The Morgan fingerprint density at radius 1 is 1.05 bits per heavy atom. The van der Waals surface area contributed by atoms with Crippen LogP contribution in [0.1, 0.15) is 11.5 Å². The van der Waals surface area contributed by atoms with Gasteiger partial charge in [0.05, 0.1) is 5.69 Å². The van der Waals surface area contributed by atoms with E-state index in [1.165, 1.54) is 0 Å². The highest BCUT2D eigenvalue weighted by Crippen LogP contribution is 2.29. The monoisotopic (exact) mass is 293 g/mol. The smallest absolute Gasteiger partial charge is 0.165 e. The summed E-state index contributed by atoms with van der Waals surface area (Å²) in [6.07, 6.45) is 1.79. The lowest BCUT2D eigenvalue weighted by molar-refractivity contribution is 0.863. The Morgan fingerprint density at radius 3 is 2.55 bits per heavy atom. The minimum absolute atomic E-state index is 0.748. The molecule has 0 N–H and O–H groups in total. The van der Waals surface area contributed by atoms with Crippen LogP contribution >= 0.6 is 0 Å². The fourth-order valence-corrected chi connectivity index (χ4v) is 2.48. The van der Waals surface area contributed by atoms with Crippen molar-refractivity contribution in [3.63, 3.8) is 0 Å². The molecule has 0 radical (unpaired) electrons. The zero-order chi connectivity index (χ0) is 15.7. The van der Waals surface area contributed by atoms with Crippen molar-refractivity contribution in [2.45, 2.75) is 13.8 Å². The molecule has 0 saturated heterocycles. The molecule has 2 aromatic heterocycles. The first-order valence-electron chi connectivity index (χ1n) is 7.19. The van der Waals surface area contributed by atoms with Gasteiger partial charge >= 0.3 is 0 Å². The molecule has 3 rings (SSSR count). The number of rotatable bonds is 3. The molecule has 0 aliphatic heterocycles. The van der Waals surface area contributed by atoms with Gasteiger partial charge in [0.2, 0.25) is 0 Å². The molecule has 5 nitrogen and oxygen atoms in total. The molecule has 5 heteroatoms. The number of benzene rings is 1. The summed E-state index contributed by atoms with van der Waals surface area (Å²) in [7, 11) is 4.06. The van der Waals surface area contributed by atoms with Gasteiger partial charge in [0, 0.05) is 37.2 Å². The van der Waals surface area contributed by atoms with E-state index in [9.17, 15) is 0 Å². The van der Waals surface area contributed by atoms with Crippen LogP contribution in [0.4, 0.5) is 5.69 Å². The second-order valence-electron chi connectivity index (χ2n) is 5.46. The van der Waals surface area contributed by atoms with E-state index in [2.05, 4.69) is 32.1 Å². The maximum Gasteiger partial charge on any atom is 0.165 e. The molecule has 0 bridgehead atoms. The van der Waals surface area contributed by atoms with Gasteiger partial charge in [-0.15, -0.1) is 0 Å². The minimum Gasteiger partial charge on any atom is -0.377 e. The first-order chi connectivity index (χ1) is 10.6. The van der Waals surface area contributed by atoms with E-state index in [1.807, 2.05) is 56.9 Å². The number of nitrogens with zero attached hydrogens (tertiary/aromatic N) is 5. The first kappa shape index (κ1) is 14.3. The zero-order valence-corrected chi connectivity index (χ0v) is 13.3. The van der Waals surface area contributed by atoms with Crippen LogP contribution in [-0.4, -0.2) is 33.8 Å². The summed E-state index contributed by atoms with van der Waals surface area (Å²) in [6, 6.07) is 12.2. The van der Waals surface area contributed by atoms with Crippen molar-refractivity contribution >= 4 is 5.69 Å². The predicted octanol–water partition coefficient (Wildman–Crippen LogP) is 3.01. The lowest BCUT2D eigenvalue weighted by Crippen LogP contribution is -2.11. The minimum atomic E-state index is 0.748. The van der Waals surface area contributed by atoms with E-state index in [0.29, 0.717) is 0 Å². The molecule has 0 amide bonds. The van der Waals surface area contributed by atoms with E-state index in [4.69, 9.17) is 0 Å². The number of para-hydroxylation sites is 1. The van der Waals surface area contributed by atoms with Crippen LogP contribution in [0, 0.1) is 13.8 Å². The van der Waals surface area contributed by atoms with Crippen LogP contribution < -0.4 is 4.90 Å². The van der Waals surface area contributed by atoms with Gasteiger partial charge in [-0.05, 0) is 38.1 Å². The summed E-state index contributed by atoms with van der Waals surface area (Å²) in [6.45, 7) is 3.88. The van der Waals surface area contributed by atoms with E-state index in [0.717, 1.165) is 34.3 Å². The molecule has 0 unspecified atom stereocenters. The Kier molecular flexibility index (Phi) is 3.63. The molecule has 3 aromatic rings. The van der Waals surface area contributed by atoms with Gasteiger partial charge in [-0.3, -0.25) is 4.98 Å². The van der Waals surface area contributed by atoms with E-state index in [-0.39, 0.29) is 0 Å². The van der Waals surface area contributed by atoms with Crippen molar-refractivity contribution in [3.8, 4) is 17.1 Å². The Labute approximate surface area is 130 Å². The summed E-state index contributed by atoms with van der Waals surface area (Å²) in [5.74, 6) is 1.59. The number of aryl methyl sites for hydroxylation is 2. The Hall–Kier alpha value is -2.69. The number of aromatic nitrogens is 4. The molecule has 22 heavy (non-hydrogen) atoms. The average molecular weight is 293 g/mol. The summed E-state index contributed by atoms with van der Waals surface area (Å²) >= 11 is 0. The summed E-state index contributed by atoms with van der Waals surface area (Å²) in [5.41, 5.74) is 4.10. The second-order valence-corrected chi connectivity index (χ2v) is 5.46. The van der Waals surface area contributed by atoms with Crippen molar-refractivity contribution in [2.24, 2.45) is 0 Å². The van der Waals surface area contributed by atoms with Crippen LogP contribution in [0.25, 0.3) is 17.1 Å². The Bertz CT molecular complexity index is 804. The van der Waals surface area contributed by atoms with E-state index < -0.39 is 0 Å². The molecule has 112 valence electrons. The van der Waals surface area contributed by atoms with Crippen molar-refractivity contribution in [1.82, 2.24) is 19.7 Å². The highest BCUT2D eigenvalue weighted by atomic mass is 15.4. The second kappa shape index (κ2) is 5.60. The molecule has 0 aliphatic rings. The van der Waals surface area contributed by atoms with Crippen molar-refractivity contribution in [2.75, 3.05) is 19.0 Å². The quantitative estimate of drug-likeness (QED) is 0.745. The SMILES string of the molecule is Cc1cc(-n2nc(C)nc2-c2ccccc2N(C)C)ccn1. The van der Waals surface area contributed by atoms with Gasteiger partial charge in [0.25, 0.3) is 0 Å². The van der Waals surface area contributed by atoms with Gasteiger partial charge in [0.15, 0.2) is 5.82 Å². The van der Waals surface area contributed by atoms with Gasteiger partial charge in [0.1, 0.15) is 5.82 Å². The van der Waals surface area contributed by atoms with Crippen molar-refractivity contribution in [3.05, 3.63) is 54.1 Å². The topological polar surface area (TPSA) is 46.8 Å². The third-order valence-corrected chi connectivity index (χ3v) is 3.46.